The molecule has 0 aliphatic rings. The largest absolute Gasteiger partial charge is 0.275 e. The average molecular weight is 222 g/mol. The van der Waals surface area contributed by atoms with Gasteiger partial charge in [-0.05, 0) is 11.4 Å². The second kappa shape index (κ2) is 4.57. The minimum atomic E-state index is 0.136. The smallest absolute Gasteiger partial charge is 0.0539 e. The normalized spacial score (nSPS) is 12.9. The van der Waals surface area contributed by atoms with E-state index in [9.17, 15) is 0 Å². The molecule has 2 aromatic heterocycles. The van der Waals surface area contributed by atoms with Gasteiger partial charge in [0.2, 0.25) is 0 Å². The molecule has 15 heavy (non-hydrogen) atoms. The number of nitrogens with two attached hydrogens (primary N) is 1. The molecule has 0 aromatic carbocycles. The predicted molar refractivity (Wildman–Crippen MR) is 61.3 cm³/mol. The quantitative estimate of drug-likeness (QED) is 0.604. The fraction of sp³-hybridized carbons (Fsp3) is 0.300. The molecule has 0 fully saturated rings. The molecule has 5 heteroatoms. The lowest BCUT2D eigenvalue weighted by atomic mass is 10.1. The molecule has 3 N–H and O–H groups in total. The topological polar surface area (TPSA) is 55.9 Å². The third kappa shape index (κ3) is 2.44. The number of hydrazine groups is 1. The van der Waals surface area contributed by atoms with E-state index in [2.05, 4.69) is 28.0 Å². The van der Waals surface area contributed by atoms with E-state index in [4.69, 9.17) is 5.84 Å². The van der Waals surface area contributed by atoms with Gasteiger partial charge in [-0.2, -0.15) is 5.10 Å². The van der Waals surface area contributed by atoms with Crippen LogP contribution in [0.3, 0.4) is 0 Å². The van der Waals surface area contributed by atoms with Gasteiger partial charge < -0.3 is 0 Å². The van der Waals surface area contributed by atoms with E-state index in [0.717, 1.165) is 12.0 Å². The highest BCUT2D eigenvalue weighted by Crippen LogP contribution is 2.19. The van der Waals surface area contributed by atoms with Gasteiger partial charge in [0.25, 0.3) is 0 Å². The number of aryl methyl sites for hydroxylation is 1. The highest BCUT2D eigenvalue weighted by molar-refractivity contribution is 7.09. The lowest BCUT2D eigenvalue weighted by molar-refractivity contribution is 0.555. The van der Waals surface area contributed by atoms with Crippen molar-refractivity contribution in [2.75, 3.05) is 0 Å². The minimum absolute atomic E-state index is 0.136. The Balaban J connectivity index is 2.11. The molecule has 1 unspecified atom stereocenters. The van der Waals surface area contributed by atoms with Crippen molar-refractivity contribution in [3.8, 4) is 0 Å². The summed E-state index contributed by atoms with van der Waals surface area (Å²) in [5.74, 6) is 5.55. The van der Waals surface area contributed by atoms with Gasteiger partial charge in [-0.25, -0.2) is 0 Å². The number of thiophene rings is 1. The van der Waals surface area contributed by atoms with Gasteiger partial charge in [0.05, 0.1) is 12.2 Å². The molecule has 2 heterocycles. The van der Waals surface area contributed by atoms with Crippen molar-refractivity contribution in [2.24, 2.45) is 12.9 Å². The standard InChI is InChI=1S/C10H14N4S/c1-14-7-8(6-12-14)10(13-11)5-9-3-2-4-15-9/h2-4,6-7,10,13H,5,11H2,1H3. The zero-order valence-electron chi connectivity index (χ0n) is 8.55. The van der Waals surface area contributed by atoms with Crippen LogP contribution in [0.2, 0.25) is 0 Å². The number of aromatic nitrogens is 2. The molecule has 0 amide bonds. The minimum Gasteiger partial charge on any atom is -0.275 e. The summed E-state index contributed by atoms with van der Waals surface area (Å²) in [5.41, 5.74) is 3.94. The average Bonchev–Trinajstić information content (AvgIpc) is 2.85. The van der Waals surface area contributed by atoms with Crippen molar-refractivity contribution in [1.82, 2.24) is 15.2 Å². The Labute approximate surface area is 92.7 Å². The number of nitrogens with one attached hydrogen (secondary N) is 1. The first-order chi connectivity index (χ1) is 7.29. The Bertz CT molecular complexity index is 407. The molecule has 0 radical (unpaired) electrons. The SMILES string of the molecule is Cn1cc(C(Cc2cccs2)NN)cn1. The first-order valence-corrected chi connectivity index (χ1v) is 5.64. The van der Waals surface area contributed by atoms with E-state index in [1.807, 2.05) is 19.4 Å². The molecule has 0 aliphatic heterocycles. The second-order valence-corrected chi connectivity index (χ2v) is 4.48. The van der Waals surface area contributed by atoms with Crippen LogP contribution >= 0.6 is 11.3 Å². The highest BCUT2D eigenvalue weighted by atomic mass is 32.1. The van der Waals surface area contributed by atoms with Gasteiger partial charge in [-0.1, -0.05) is 6.07 Å². The van der Waals surface area contributed by atoms with Crippen LogP contribution in [0.15, 0.2) is 29.9 Å². The highest BCUT2D eigenvalue weighted by Gasteiger charge is 2.12. The van der Waals surface area contributed by atoms with Crippen molar-refractivity contribution < 1.29 is 0 Å². The monoisotopic (exact) mass is 222 g/mol. The summed E-state index contributed by atoms with van der Waals surface area (Å²) in [7, 11) is 1.90. The summed E-state index contributed by atoms with van der Waals surface area (Å²) in [6, 6.07) is 4.31. The van der Waals surface area contributed by atoms with Gasteiger partial charge in [-0.3, -0.25) is 16.0 Å². The van der Waals surface area contributed by atoms with Gasteiger partial charge in [0.1, 0.15) is 0 Å². The molecule has 0 saturated carbocycles. The van der Waals surface area contributed by atoms with E-state index in [-0.39, 0.29) is 6.04 Å². The van der Waals surface area contributed by atoms with Crippen LogP contribution in [0.5, 0.6) is 0 Å². The first-order valence-electron chi connectivity index (χ1n) is 4.76. The van der Waals surface area contributed by atoms with Gasteiger partial charge in [0, 0.05) is 30.1 Å². The molecule has 4 nitrogen and oxygen atoms in total. The molecule has 2 rings (SSSR count). The Morgan fingerprint density at radius 2 is 2.53 bits per heavy atom. The number of rotatable bonds is 4. The van der Waals surface area contributed by atoms with E-state index in [0.29, 0.717) is 0 Å². The Hall–Kier alpha value is -1.17. The predicted octanol–water partition coefficient (Wildman–Crippen LogP) is 1.23. The third-order valence-electron chi connectivity index (χ3n) is 2.31. The summed E-state index contributed by atoms with van der Waals surface area (Å²) >= 11 is 1.75. The molecule has 80 valence electrons. The Morgan fingerprint density at radius 3 is 3.07 bits per heavy atom. The van der Waals surface area contributed by atoms with E-state index >= 15 is 0 Å². The summed E-state index contributed by atoms with van der Waals surface area (Å²) in [5, 5.41) is 6.21. The second-order valence-electron chi connectivity index (χ2n) is 3.45. The first kappa shape index (κ1) is 10.4. The van der Waals surface area contributed by atoms with E-state index < -0.39 is 0 Å². The lowest BCUT2D eigenvalue weighted by Gasteiger charge is -2.12. The Morgan fingerprint density at radius 1 is 1.67 bits per heavy atom. The van der Waals surface area contributed by atoms with Crippen LogP contribution in [0.25, 0.3) is 0 Å². The third-order valence-corrected chi connectivity index (χ3v) is 3.21. The molecule has 1 atom stereocenters. The maximum atomic E-state index is 5.55. The zero-order chi connectivity index (χ0) is 10.7. The molecular weight excluding hydrogens is 208 g/mol. The molecule has 0 saturated heterocycles. The van der Waals surface area contributed by atoms with Crippen LogP contribution in [-0.4, -0.2) is 9.78 Å². The van der Waals surface area contributed by atoms with Crippen molar-refractivity contribution in [3.63, 3.8) is 0 Å². The maximum absolute atomic E-state index is 5.55. The van der Waals surface area contributed by atoms with Gasteiger partial charge >= 0.3 is 0 Å². The number of hydrogen-bond donors (Lipinski definition) is 2. The summed E-state index contributed by atoms with van der Waals surface area (Å²) in [4.78, 5) is 1.32. The fourth-order valence-electron chi connectivity index (χ4n) is 1.52. The molecule has 0 bridgehead atoms. The van der Waals surface area contributed by atoms with Gasteiger partial charge in [0.15, 0.2) is 0 Å². The van der Waals surface area contributed by atoms with E-state index in [1.54, 1.807) is 16.0 Å². The summed E-state index contributed by atoms with van der Waals surface area (Å²) in [6.45, 7) is 0. The lowest BCUT2D eigenvalue weighted by Crippen LogP contribution is -2.29. The maximum Gasteiger partial charge on any atom is 0.0539 e. The van der Waals surface area contributed by atoms with Crippen molar-refractivity contribution in [3.05, 3.63) is 40.3 Å². The van der Waals surface area contributed by atoms with Crippen molar-refractivity contribution >= 4 is 11.3 Å². The van der Waals surface area contributed by atoms with Crippen LogP contribution in [-0.2, 0) is 13.5 Å². The molecule has 2 aromatic rings. The molecule has 0 spiro atoms. The number of nitrogens with zero attached hydrogens (tertiary/aromatic N) is 2. The zero-order valence-corrected chi connectivity index (χ0v) is 9.37. The van der Waals surface area contributed by atoms with Crippen LogP contribution in [0, 0.1) is 0 Å². The van der Waals surface area contributed by atoms with Crippen LogP contribution in [0.4, 0.5) is 0 Å². The fourth-order valence-corrected chi connectivity index (χ4v) is 2.27. The van der Waals surface area contributed by atoms with Crippen molar-refractivity contribution in [1.29, 1.82) is 0 Å². The van der Waals surface area contributed by atoms with Crippen molar-refractivity contribution in [2.45, 2.75) is 12.5 Å². The van der Waals surface area contributed by atoms with Crippen LogP contribution in [0.1, 0.15) is 16.5 Å². The molecule has 0 aliphatic carbocycles. The van der Waals surface area contributed by atoms with Gasteiger partial charge in [-0.15, -0.1) is 11.3 Å². The summed E-state index contributed by atoms with van der Waals surface area (Å²) < 4.78 is 1.79. The Kier molecular flexibility index (Phi) is 3.15. The molecular formula is C10H14N4S. The van der Waals surface area contributed by atoms with E-state index in [1.165, 1.54) is 4.88 Å². The van der Waals surface area contributed by atoms with Crippen LogP contribution < -0.4 is 11.3 Å². The summed E-state index contributed by atoms with van der Waals surface area (Å²) in [6.07, 6.45) is 4.73. The number of hydrogen-bond acceptors (Lipinski definition) is 4.